The topological polar surface area (TPSA) is 54.4 Å². The van der Waals surface area contributed by atoms with Gasteiger partial charge in [0, 0.05) is 11.5 Å². The van der Waals surface area contributed by atoms with Gasteiger partial charge in [-0.2, -0.15) is 0 Å². The Labute approximate surface area is 58.4 Å². The minimum Gasteiger partial charge on any atom is -0.478 e. The van der Waals surface area contributed by atoms with Crippen LogP contribution in [-0.2, 0) is 9.59 Å². The highest BCUT2D eigenvalue weighted by Crippen LogP contribution is 2.23. The fourth-order valence-corrected chi connectivity index (χ4v) is 1.11. The van der Waals surface area contributed by atoms with E-state index in [9.17, 15) is 9.59 Å². The lowest BCUT2D eigenvalue weighted by atomic mass is 10.0. The van der Waals surface area contributed by atoms with Gasteiger partial charge < -0.3 is 9.90 Å². The molecule has 0 radical (unpaired) electrons. The molecule has 1 atom stereocenters. The monoisotopic (exact) mass is 140 g/mol. The molecule has 0 saturated carbocycles. The molecule has 0 heterocycles. The van der Waals surface area contributed by atoms with E-state index in [4.69, 9.17) is 5.11 Å². The number of aldehydes is 1. The van der Waals surface area contributed by atoms with Crippen LogP contribution in [-0.4, -0.2) is 17.4 Å². The smallest absolute Gasteiger partial charge is 0.331 e. The normalized spacial score (nSPS) is 24.0. The van der Waals surface area contributed by atoms with Crippen molar-refractivity contribution < 1.29 is 14.7 Å². The van der Waals surface area contributed by atoms with Crippen molar-refractivity contribution in [2.24, 2.45) is 5.92 Å². The number of rotatable bonds is 2. The van der Waals surface area contributed by atoms with Gasteiger partial charge in [-0.05, 0) is 12.8 Å². The second-order valence-electron chi connectivity index (χ2n) is 2.28. The van der Waals surface area contributed by atoms with Crippen LogP contribution in [0.25, 0.3) is 0 Å². The average Bonchev–Trinajstić information content (AvgIpc) is 2.33. The number of carbonyl (C=O) groups is 2. The van der Waals surface area contributed by atoms with Crippen LogP contribution < -0.4 is 0 Å². The van der Waals surface area contributed by atoms with E-state index in [2.05, 4.69) is 0 Å². The lowest BCUT2D eigenvalue weighted by Crippen LogP contribution is -2.09. The van der Waals surface area contributed by atoms with E-state index in [0.29, 0.717) is 19.1 Å². The summed E-state index contributed by atoms with van der Waals surface area (Å²) in [5.74, 6) is -1.33. The van der Waals surface area contributed by atoms with E-state index in [0.717, 1.165) is 0 Å². The molecule has 0 saturated heterocycles. The fourth-order valence-electron chi connectivity index (χ4n) is 1.11. The van der Waals surface area contributed by atoms with E-state index in [1.54, 1.807) is 6.08 Å². The summed E-state index contributed by atoms with van der Waals surface area (Å²) in [4.78, 5) is 20.6. The minimum atomic E-state index is -0.963. The van der Waals surface area contributed by atoms with Gasteiger partial charge >= 0.3 is 5.97 Å². The second-order valence-corrected chi connectivity index (χ2v) is 2.28. The van der Waals surface area contributed by atoms with Crippen LogP contribution >= 0.6 is 0 Å². The van der Waals surface area contributed by atoms with Crippen molar-refractivity contribution in [3.8, 4) is 0 Å². The van der Waals surface area contributed by atoms with Gasteiger partial charge in [-0.15, -0.1) is 0 Å². The maximum atomic E-state index is 10.3. The van der Waals surface area contributed by atoms with Crippen LogP contribution in [0.4, 0.5) is 0 Å². The Morgan fingerprint density at radius 2 is 2.50 bits per heavy atom. The molecule has 10 heavy (non-hydrogen) atoms. The first kappa shape index (κ1) is 6.99. The molecule has 0 unspecified atom stereocenters. The van der Waals surface area contributed by atoms with Crippen LogP contribution in [0.2, 0.25) is 0 Å². The van der Waals surface area contributed by atoms with Crippen LogP contribution in [0.1, 0.15) is 12.8 Å². The summed E-state index contributed by atoms with van der Waals surface area (Å²) in [5, 5.41) is 8.49. The molecule has 3 heteroatoms. The third-order valence-corrected chi connectivity index (χ3v) is 1.65. The molecular formula is C7H8O3. The van der Waals surface area contributed by atoms with E-state index >= 15 is 0 Å². The van der Waals surface area contributed by atoms with Gasteiger partial charge in [0.1, 0.15) is 6.29 Å². The Kier molecular flexibility index (Phi) is 1.85. The Morgan fingerprint density at radius 1 is 1.80 bits per heavy atom. The number of allylic oxidation sites excluding steroid dienone is 1. The van der Waals surface area contributed by atoms with E-state index < -0.39 is 5.97 Å². The molecule has 1 rings (SSSR count). The highest BCUT2D eigenvalue weighted by atomic mass is 16.4. The highest BCUT2D eigenvalue weighted by molar-refractivity contribution is 5.91. The van der Waals surface area contributed by atoms with Gasteiger partial charge in [0.25, 0.3) is 0 Å². The van der Waals surface area contributed by atoms with Gasteiger partial charge in [-0.25, -0.2) is 4.79 Å². The summed E-state index contributed by atoms with van der Waals surface area (Å²) in [6, 6.07) is 0. The first-order chi connectivity index (χ1) is 4.75. The summed E-state index contributed by atoms with van der Waals surface area (Å²) >= 11 is 0. The van der Waals surface area contributed by atoms with Crippen LogP contribution in [0, 0.1) is 5.92 Å². The Hall–Kier alpha value is -1.12. The average molecular weight is 140 g/mol. The molecule has 1 N–H and O–H groups in total. The zero-order valence-electron chi connectivity index (χ0n) is 5.41. The number of hydrogen-bond acceptors (Lipinski definition) is 2. The van der Waals surface area contributed by atoms with Gasteiger partial charge in [-0.3, -0.25) is 0 Å². The quantitative estimate of drug-likeness (QED) is 0.571. The van der Waals surface area contributed by atoms with Crippen LogP contribution in [0.15, 0.2) is 11.6 Å². The molecular weight excluding hydrogens is 132 g/mol. The number of aliphatic carboxylic acids is 1. The largest absolute Gasteiger partial charge is 0.478 e. The molecule has 0 spiro atoms. The molecule has 54 valence electrons. The zero-order chi connectivity index (χ0) is 7.56. The van der Waals surface area contributed by atoms with Gasteiger partial charge in [0.15, 0.2) is 0 Å². The van der Waals surface area contributed by atoms with Crippen molar-refractivity contribution in [3.63, 3.8) is 0 Å². The molecule has 0 aromatic carbocycles. The molecule has 0 aromatic heterocycles. The predicted octanol–water partition coefficient (Wildman–Crippen LogP) is 0.606. The molecule has 3 nitrogen and oxygen atoms in total. The van der Waals surface area contributed by atoms with Gasteiger partial charge in [-0.1, -0.05) is 6.08 Å². The summed E-state index contributed by atoms with van der Waals surface area (Å²) in [5.41, 5.74) is 0.259. The zero-order valence-corrected chi connectivity index (χ0v) is 5.41. The Balaban J connectivity index is 2.74. The molecule has 1 aliphatic rings. The number of carboxylic acid groups (broad SMARTS) is 1. The number of carboxylic acids is 1. The fraction of sp³-hybridized carbons (Fsp3) is 0.429. The standard InChI is InChI=1S/C7H8O3/c8-4-5-2-1-3-6(5)7(9)10/h3-5H,1-2H2,(H,9,10)/t5-/m0/s1. The second kappa shape index (κ2) is 2.64. The van der Waals surface area contributed by atoms with E-state index in [1.807, 2.05) is 0 Å². The van der Waals surface area contributed by atoms with Crippen LogP contribution in [0.3, 0.4) is 0 Å². The highest BCUT2D eigenvalue weighted by Gasteiger charge is 2.23. The predicted molar refractivity (Wildman–Crippen MR) is 34.5 cm³/mol. The maximum absolute atomic E-state index is 10.3. The van der Waals surface area contributed by atoms with Gasteiger partial charge in [0.2, 0.25) is 0 Å². The van der Waals surface area contributed by atoms with Crippen molar-refractivity contribution in [3.05, 3.63) is 11.6 Å². The maximum Gasteiger partial charge on any atom is 0.331 e. The van der Waals surface area contributed by atoms with Crippen LogP contribution in [0.5, 0.6) is 0 Å². The lowest BCUT2D eigenvalue weighted by Gasteiger charge is -1.99. The van der Waals surface area contributed by atoms with Crippen molar-refractivity contribution in [1.82, 2.24) is 0 Å². The summed E-state index contributed by atoms with van der Waals surface area (Å²) in [6.07, 6.45) is 3.69. The molecule has 0 bridgehead atoms. The third-order valence-electron chi connectivity index (χ3n) is 1.65. The van der Waals surface area contributed by atoms with Crippen molar-refractivity contribution in [2.45, 2.75) is 12.8 Å². The molecule has 0 aromatic rings. The Morgan fingerprint density at radius 3 is 2.90 bits per heavy atom. The molecule has 1 aliphatic carbocycles. The van der Waals surface area contributed by atoms with Gasteiger partial charge in [0.05, 0.1) is 0 Å². The van der Waals surface area contributed by atoms with Crippen molar-refractivity contribution >= 4 is 12.3 Å². The minimum absolute atomic E-state index is 0.259. The summed E-state index contributed by atoms with van der Waals surface area (Å²) < 4.78 is 0. The third kappa shape index (κ3) is 1.07. The SMILES string of the molecule is O=C[C@@H]1CCC=C1C(=O)O. The molecule has 0 aliphatic heterocycles. The van der Waals surface area contributed by atoms with E-state index in [1.165, 1.54) is 0 Å². The van der Waals surface area contributed by atoms with Crippen molar-refractivity contribution in [1.29, 1.82) is 0 Å². The van der Waals surface area contributed by atoms with E-state index in [-0.39, 0.29) is 11.5 Å². The first-order valence-corrected chi connectivity index (χ1v) is 3.14. The lowest BCUT2D eigenvalue weighted by molar-refractivity contribution is -0.133. The van der Waals surface area contributed by atoms with Crippen molar-refractivity contribution in [2.75, 3.05) is 0 Å². The molecule has 0 amide bonds. The summed E-state index contributed by atoms with van der Waals surface area (Å²) in [6.45, 7) is 0. The molecule has 0 fully saturated rings. The number of carbonyl (C=O) groups excluding carboxylic acids is 1. The number of hydrogen-bond donors (Lipinski definition) is 1. The Bertz CT molecular complexity index is 193. The summed E-state index contributed by atoms with van der Waals surface area (Å²) in [7, 11) is 0. The first-order valence-electron chi connectivity index (χ1n) is 3.14.